The number of hydrogen-bond acceptors (Lipinski definition) is 2. The van der Waals surface area contributed by atoms with Gasteiger partial charge in [-0.25, -0.2) is 0 Å². The minimum absolute atomic E-state index is 0.181. The molecule has 0 bridgehead atoms. The summed E-state index contributed by atoms with van der Waals surface area (Å²) in [4.78, 5) is 0. The van der Waals surface area contributed by atoms with Gasteiger partial charge in [-0.1, -0.05) is 46.8 Å². The van der Waals surface area contributed by atoms with Crippen LogP contribution in [-0.4, -0.2) is 18.8 Å². The van der Waals surface area contributed by atoms with Crippen LogP contribution >= 0.6 is 0 Å². The third kappa shape index (κ3) is 4.47. The molecule has 0 aliphatic carbocycles. The molecular formula is C19H30O2. The minimum atomic E-state index is 0.181. The quantitative estimate of drug-likeness (QED) is 0.667. The third-order valence-electron chi connectivity index (χ3n) is 4.18. The maximum absolute atomic E-state index is 5.92. The third-order valence-corrected chi connectivity index (χ3v) is 4.18. The Kier molecular flexibility index (Phi) is 5.32. The van der Waals surface area contributed by atoms with Crippen LogP contribution in [0.4, 0.5) is 0 Å². The summed E-state index contributed by atoms with van der Waals surface area (Å²) in [6, 6.07) is 6.68. The molecule has 0 spiro atoms. The zero-order valence-corrected chi connectivity index (χ0v) is 14.2. The van der Waals surface area contributed by atoms with Crippen molar-refractivity contribution in [2.24, 2.45) is 0 Å². The Hall–Kier alpha value is -1.02. The summed E-state index contributed by atoms with van der Waals surface area (Å²) in [7, 11) is 0. The second kappa shape index (κ2) is 6.83. The summed E-state index contributed by atoms with van der Waals surface area (Å²) in [6.07, 6.45) is 5.29. The highest BCUT2D eigenvalue weighted by Crippen LogP contribution is 2.33. The lowest BCUT2D eigenvalue weighted by Crippen LogP contribution is -2.12. The lowest BCUT2D eigenvalue weighted by molar-refractivity contribution is 0.312. The topological polar surface area (TPSA) is 21.8 Å². The van der Waals surface area contributed by atoms with Gasteiger partial charge in [-0.15, -0.1) is 0 Å². The first-order valence-electron chi connectivity index (χ1n) is 8.37. The van der Waals surface area contributed by atoms with Gasteiger partial charge >= 0.3 is 0 Å². The zero-order chi connectivity index (χ0) is 15.5. The first-order valence-corrected chi connectivity index (χ1v) is 8.37. The molecule has 2 nitrogen and oxygen atoms in total. The monoisotopic (exact) mass is 290 g/mol. The van der Waals surface area contributed by atoms with Crippen LogP contribution in [0.25, 0.3) is 0 Å². The molecule has 1 heterocycles. The number of ether oxygens (including phenoxy) is 2. The van der Waals surface area contributed by atoms with Crippen LogP contribution < -0.4 is 4.74 Å². The van der Waals surface area contributed by atoms with E-state index in [2.05, 4.69) is 52.8 Å². The van der Waals surface area contributed by atoms with Crippen molar-refractivity contribution < 1.29 is 9.47 Å². The second-order valence-electron chi connectivity index (χ2n) is 7.08. The predicted molar refractivity (Wildman–Crippen MR) is 88.2 cm³/mol. The Morgan fingerprint density at radius 2 is 1.90 bits per heavy atom. The van der Waals surface area contributed by atoms with E-state index >= 15 is 0 Å². The van der Waals surface area contributed by atoms with Gasteiger partial charge in [0.25, 0.3) is 0 Å². The van der Waals surface area contributed by atoms with Crippen molar-refractivity contribution >= 4 is 0 Å². The predicted octanol–water partition coefficient (Wildman–Crippen LogP) is 4.88. The van der Waals surface area contributed by atoms with Crippen molar-refractivity contribution in [1.82, 2.24) is 0 Å². The minimum Gasteiger partial charge on any atom is -0.493 e. The van der Waals surface area contributed by atoms with Crippen LogP contribution in [0.1, 0.15) is 65.0 Å². The van der Waals surface area contributed by atoms with E-state index in [4.69, 9.17) is 9.47 Å². The van der Waals surface area contributed by atoms with Gasteiger partial charge in [-0.3, -0.25) is 0 Å². The highest BCUT2D eigenvalue weighted by Gasteiger charge is 2.36. The average Bonchev–Trinajstić information content (AvgIpc) is 3.21. The summed E-state index contributed by atoms with van der Waals surface area (Å²) in [6.45, 7) is 11.9. The fraction of sp³-hybridized carbons (Fsp3) is 0.684. The van der Waals surface area contributed by atoms with Gasteiger partial charge < -0.3 is 9.47 Å². The second-order valence-corrected chi connectivity index (χ2v) is 7.08. The largest absolute Gasteiger partial charge is 0.493 e. The molecule has 1 fully saturated rings. The lowest BCUT2D eigenvalue weighted by Gasteiger charge is -2.21. The fourth-order valence-corrected chi connectivity index (χ4v) is 2.68. The normalized spacial score (nSPS) is 21.4. The van der Waals surface area contributed by atoms with E-state index in [0.29, 0.717) is 12.2 Å². The maximum atomic E-state index is 5.92. The number of benzene rings is 1. The SMILES string of the molecule is CCCOc1ccc(C(C)(C)C)cc1CCC1OC1CC. The van der Waals surface area contributed by atoms with E-state index in [1.54, 1.807) is 0 Å². The molecule has 118 valence electrons. The van der Waals surface area contributed by atoms with Crippen LogP contribution in [0.5, 0.6) is 5.75 Å². The molecule has 1 aliphatic heterocycles. The van der Waals surface area contributed by atoms with Gasteiger partial charge in [-0.05, 0) is 48.3 Å². The summed E-state index contributed by atoms with van der Waals surface area (Å²) < 4.78 is 11.6. The number of rotatable bonds is 7. The van der Waals surface area contributed by atoms with Crippen LogP contribution in [0.2, 0.25) is 0 Å². The Bertz CT molecular complexity index is 459. The molecule has 21 heavy (non-hydrogen) atoms. The van der Waals surface area contributed by atoms with Gasteiger partial charge in [-0.2, -0.15) is 0 Å². The highest BCUT2D eigenvalue weighted by atomic mass is 16.6. The van der Waals surface area contributed by atoms with E-state index in [-0.39, 0.29) is 5.41 Å². The molecule has 1 aromatic carbocycles. The number of hydrogen-bond donors (Lipinski definition) is 0. The Morgan fingerprint density at radius 3 is 2.48 bits per heavy atom. The number of epoxide rings is 1. The van der Waals surface area contributed by atoms with Gasteiger partial charge in [0, 0.05) is 0 Å². The Morgan fingerprint density at radius 1 is 1.14 bits per heavy atom. The molecule has 2 heteroatoms. The van der Waals surface area contributed by atoms with Crippen molar-refractivity contribution in [2.45, 2.75) is 77.9 Å². The summed E-state index contributed by atoms with van der Waals surface area (Å²) in [5, 5.41) is 0. The molecule has 0 amide bonds. The van der Waals surface area contributed by atoms with Crippen molar-refractivity contribution in [3.63, 3.8) is 0 Å². The molecule has 2 atom stereocenters. The van der Waals surface area contributed by atoms with E-state index in [0.717, 1.165) is 38.0 Å². The van der Waals surface area contributed by atoms with Crippen molar-refractivity contribution in [3.05, 3.63) is 29.3 Å². The summed E-state index contributed by atoms with van der Waals surface area (Å²) >= 11 is 0. The van der Waals surface area contributed by atoms with Crippen molar-refractivity contribution in [2.75, 3.05) is 6.61 Å². The van der Waals surface area contributed by atoms with Gasteiger partial charge in [0.15, 0.2) is 0 Å². The molecule has 2 unspecified atom stereocenters. The molecule has 2 rings (SSSR count). The Labute approximate surface area is 129 Å². The van der Waals surface area contributed by atoms with E-state index < -0.39 is 0 Å². The first kappa shape index (κ1) is 16.4. The molecule has 0 radical (unpaired) electrons. The summed E-state index contributed by atoms with van der Waals surface area (Å²) in [5.74, 6) is 1.05. The smallest absolute Gasteiger partial charge is 0.122 e. The van der Waals surface area contributed by atoms with Crippen LogP contribution in [0, 0.1) is 0 Å². The van der Waals surface area contributed by atoms with E-state index in [1.807, 2.05) is 0 Å². The van der Waals surface area contributed by atoms with Crippen LogP contribution in [-0.2, 0) is 16.6 Å². The zero-order valence-electron chi connectivity index (χ0n) is 14.2. The van der Waals surface area contributed by atoms with Gasteiger partial charge in [0.2, 0.25) is 0 Å². The lowest BCUT2D eigenvalue weighted by atomic mass is 9.85. The van der Waals surface area contributed by atoms with Crippen molar-refractivity contribution in [3.8, 4) is 5.75 Å². The molecule has 1 aliphatic rings. The molecule has 1 saturated heterocycles. The van der Waals surface area contributed by atoms with E-state index in [9.17, 15) is 0 Å². The molecular weight excluding hydrogens is 260 g/mol. The van der Waals surface area contributed by atoms with Gasteiger partial charge in [0.1, 0.15) is 5.75 Å². The Balaban J connectivity index is 2.09. The molecule has 0 N–H and O–H groups in total. The molecule has 1 aromatic rings. The maximum Gasteiger partial charge on any atom is 0.122 e. The summed E-state index contributed by atoms with van der Waals surface area (Å²) in [5.41, 5.74) is 2.89. The average molecular weight is 290 g/mol. The van der Waals surface area contributed by atoms with Crippen molar-refractivity contribution in [1.29, 1.82) is 0 Å². The van der Waals surface area contributed by atoms with E-state index in [1.165, 1.54) is 11.1 Å². The van der Waals surface area contributed by atoms with Gasteiger partial charge in [0.05, 0.1) is 18.8 Å². The van der Waals surface area contributed by atoms with Crippen LogP contribution in [0.3, 0.4) is 0 Å². The highest BCUT2D eigenvalue weighted by molar-refractivity contribution is 5.40. The standard InChI is InChI=1S/C19H30O2/c1-6-12-20-17-11-9-15(19(3,4)5)13-14(17)8-10-18-16(7-2)21-18/h9,11,13,16,18H,6-8,10,12H2,1-5H3. The number of aryl methyl sites for hydroxylation is 1. The van der Waals surface area contributed by atoms with Crippen LogP contribution in [0.15, 0.2) is 18.2 Å². The molecule has 0 aromatic heterocycles. The fourth-order valence-electron chi connectivity index (χ4n) is 2.68. The molecule has 0 saturated carbocycles. The first-order chi connectivity index (χ1) is 9.95.